The molecule has 0 amide bonds. The van der Waals surface area contributed by atoms with E-state index in [2.05, 4.69) is 22.2 Å². The molecule has 2 unspecified atom stereocenters. The van der Waals surface area contributed by atoms with Crippen LogP contribution < -0.4 is 5.32 Å². The fourth-order valence-electron chi connectivity index (χ4n) is 2.62. The van der Waals surface area contributed by atoms with Gasteiger partial charge in [0.05, 0.1) is 0 Å². The highest BCUT2D eigenvalue weighted by atomic mass is 16.4. The lowest BCUT2D eigenvalue weighted by Gasteiger charge is -2.22. The number of anilines is 1. The third-order valence-electron chi connectivity index (χ3n) is 3.75. The van der Waals surface area contributed by atoms with Gasteiger partial charge in [0.15, 0.2) is 5.69 Å². The van der Waals surface area contributed by atoms with Crippen molar-refractivity contribution in [2.24, 2.45) is 5.92 Å². The maximum absolute atomic E-state index is 11.0. The number of carboxylic acids is 1. The Labute approximate surface area is 113 Å². The van der Waals surface area contributed by atoms with E-state index >= 15 is 0 Å². The van der Waals surface area contributed by atoms with Crippen LogP contribution in [0.25, 0.3) is 0 Å². The number of hydrogen-bond donors (Lipinski definition) is 2. The van der Waals surface area contributed by atoms with Gasteiger partial charge in [-0.25, -0.2) is 14.8 Å². The zero-order valence-electron chi connectivity index (χ0n) is 11.5. The highest BCUT2D eigenvalue weighted by Gasteiger charge is 2.21. The van der Waals surface area contributed by atoms with E-state index < -0.39 is 5.97 Å². The molecular weight excluding hydrogens is 242 g/mol. The molecule has 1 saturated carbocycles. The van der Waals surface area contributed by atoms with Crippen molar-refractivity contribution in [3.8, 4) is 0 Å². The van der Waals surface area contributed by atoms with Crippen molar-refractivity contribution in [3.05, 3.63) is 17.5 Å². The normalized spacial score (nSPS) is 23.7. The van der Waals surface area contributed by atoms with Crippen LogP contribution in [0.2, 0.25) is 0 Å². The summed E-state index contributed by atoms with van der Waals surface area (Å²) in [5, 5.41) is 12.3. The molecule has 0 saturated heterocycles. The van der Waals surface area contributed by atoms with E-state index in [-0.39, 0.29) is 5.69 Å². The lowest BCUT2D eigenvalue weighted by Crippen LogP contribution is -2.27. The lowest BCUT2D eigenvalue weighted by molar-refractivity contribution is 0.0690. The Morgan fingerprint density at radius 2 is 2.05 bits per heavy atom. The zero-order valence-corrected chi connectivity index (χ0v) is 11.5. The number of aryl methyl sites for hydroxylation is 1. The fraction of sp³-hybridized carbons (Fsp3) is 0.643. The second kappa shape index (κ2) is 5.99. The smallest absolute Gasteiger partial charge is 0.354 e. The van der Waals surface area contributed by atoms with Crippen molar-refractivity contribution in [1.82, 2.24) is 9.97 Å². The van der Waals surface area contributed by atoms with E-state index in [1.54, 1.807) is 6.92 Å². The highest BCUT2D eigenvalue weighted by Crippen LogP contribution is 2.25. The molecule has 1 aliphatic carbocycles. The first-order chi connectivity index (χ1) is 9.06. The summed E-state index contributed by atoms with van der Waals surface area (Å²) in [6, 6.07) is 1.83. The molecule has 1 aliphatic rings. The molecule has 5 heteroatoms. The number of aromatic nitrogens is 2. The van der Waals surface area contributed by atoms with Gasteiger partial charge in [0.2, 0.25) is 5.95 Å². The summed E-state index contributed by atoms with van der Waals surface area (Å²) < 4.78 is 0. The van der Waals surface area contributed by atoms with Crippen LogP contribution >= 0.6 is 0 Å². The lowest BCUT2D eigenvalue weighted by atomic mass is 9.97. The monoisotopic (exact) mass is 263 g/mol. The van der Waals surface area contributed by atoms with Gasteiger partial charge < -0.3 is 10.4 Å². The SMILES string of the molecule is Cc1cc(C(=O)O)nc(NC2CCCCCC2C)n1. The molecule has 5 nitrogen and oxygen atoms in total. The molecule has 0 aromatic carbocycles. The molecule has 19 heavy (non-hydrogen) atoms. The second-order valence-corrected chi connectivity index (χ2v) is 5.39. The third kappa shape index (κ3) is 3.66. The zero-order chi connectivity index (χ0) is 13.8. The van der Waals surface area contributed by atoms with Crippen LogP contribution in [-0.4, -0.2) is 27.1 Å². The molecular formula is C14H21N3O2. The van der Waals surface area contributed by atoms with E-state index in [9.17, 15) is 4.79 Å². The van der Waals surface area contributed by atoms with E-state index in [0.717, 1.165) is 6.42 Å². The van der Waals surface area contributed by atoms with Gasteiger partial charge in [-0.15, -0.1) is 0 Å². The molecule has 1 fully saturated rings. The Morgan fingerprint density at radius 3 is 2.79 bits per heavy atom. The largest absolute Gasteiger partial charge is 0.477 e. The summed E-state index contributed by atoms with van der Waals surface area (Å²) in [4.78, 5) is 19.4. The van der Waals surface area contributed by atoms with Crippen molar-refractivity contribution in [2.75, 3.05) is 5.32 Å². The summed E-state index contributed by atoms with van der Waals surface area (Å²) >= 11 is 0. The van der Waals surface area contributed by atoms with Gasteiger partial charge in [0.1, 0.15) is 0 Å². The number of hydrogen-bond acceptors (Lipinski definition) is 4. The predicted octanol–water partition coefficient (Wildman–Crippen LogP) is 2.86. The topological polar surface area (TPSA) is 75.1 Å². The Hall–Kier alpha value is -1.65. The molecule has 2 rings (SSSR count). The maximum atomic E-state index is 11.0. The standard InChI is InChI=1S/C14H21N3O2/c1-9-6-4-3-5-7-11(9)16-14-15-10(2)8-12(17-14)13(18)19/h8-9,11H,3-7H2,1-2H3,(H,18,19)(H,15,16,17). The Bertz CT molecular complexity index is 462. The first kappa shape index (κ1) is 13.8. The average molecular weight is 263 g/mol. The van der Waals surface area contributed by atoms with Crippen LogP contribution in [0, 0.1) is 12.8 Å². The van der Waals surface area contributed by atoms with Crippen molar-refractivity contribution < 1.29 is 9.90 Å². The van der Waals surface area contributed by atoms with Crippen LogP contribution in [0.4, 0.5) is 5.95 Å². The summed E-state index contributed by atoms with van der Waals surface area (Å²) in [6.07, 6.45) is 6.06. The van der Waals surface area contributed by atoms with Gasteiger partial charge in [0, 0.05) is 11.7 Å². The molecule has 2 N–H and O–H groups in total. The number of carboxylic acid groups (broad SMARTS) is 1. The van der Waals surface area contributed by atoms with Gasteiger partial charge >= 0.3 is 5.97 Å². The van der Waals surface area contributed by atoms with E-state index in [4.69, 9.17) is 5.11 Å². The van der Waals surface area contributed by atoms with Crippen molar-refractivity contribution in [2.45, 2.75) is 52.0 Å². The Kier molecular flexibility index (Phi) is 4.35. The minimum atomic E-state index is -1.01. The summed E-state index contributed by atoms with van der Waals surface area (Å²) in [7, 11) is 0. The van der Waals surface area contributed by atoms with Crippen molar-refractivity contribution >= 4 is 11.9 Å². The quantitative estimate of drug-likeness (QED) is 0.820. The second-order valence-electron chi connectivity index (χ2n) is 5.39. The number of carbonyl (C=O) groups is 1. The number of rotatable bonds is 3. The molecule has 1 heterocycles. The summed E-state index contributed by atoms with van der Waals surface area (Å²) in [6.45, 7) is 4.02. The minimum Gasteiger partial charge on any atom is -0.477 e. The fourth-order valence-corrected chi connectivity index (χ4v) is 2.62. The highest BCUT2D eigenvalue weighted by molar-refractivity contribution is 5.85. The first-order valence-corrected chi connectivity index (χ1v) is 6.92. The molecule has 2 atom stereocenters. The van der Waals surface area contributed by atoms with Crippen LogP contribution in [0.15, 0.2) is 6.07 Å². The van der Waals surface area contributed by atoms with Crippen LogP contribution in [0.5, 0.6) is 0 Å². The number of nitrogens with zero attached hydrogens (tertiary/aromatic N) is 2. The minimum absolute atomic E-state index is 0.0521. The molecule has 0 spiro atoms. The summed E-state index contributed by atoms with van der Waals surface area (Å²) in [5.41, 5.74) is 0.729. The predicted molar refractivity (Wildman–Crippen MR) is 73.4 cm³/mol. The van der Waals surface area contributed by atoms with Crippen molar-refractivity contribution in [1.29, 1.82) is 0 Å². The van der Waals surface area contributed by atoms with Gasteiger partial charge in [-0.05, 0) is 31.7 Å². The molecule has 104 valence electrons. The number of aromatic carboxylic acids is 1. The molecule has 0 radical (unpaired) electrons. The molecule has 1 aromatic heterocycles. The third-order valence-corrected chi connectivity index (χ3v) is 3.75. The molecule has 1 aromatic rings. The van der Waals surface area contributed by atoms with Gasteiger partial charge in [-0.2, -0.15) is 0 Å². The van der Waals surface area contributed by atoms with Crippen LogP contribution in [-0.2, 0) is 0 Å². The van der Waals surface area contributed by atoms with Gasteiger partial charge in [-0.3, -0.25) is 0 Å². The van der Waals surface area contributed by atoms with Crippen LogP contribution in [0.1, 0.15) is 55.2 Å². The maximum Gasteiger partial charge on any atom is 0.354 e. The first-order valence-electron chi connectivity index (χ1n) is 6.92. The van der Waals surface area contributed by atoms with Gasteiger partial charge in [0.25, 0.3) is 0 Å². The molecule has 0 bridgehead atoms. The van der Waals surface area contributed by atoms with E-state index in [1.165, 1.54) is 31.7 Å². The summed E-state index contributed by atoms with van der Waals surface area (Å²) in [5.74, 6) is -0.00138. The molecule has 0 aliphatic heterocycles. The van der Waals surface area contributed by atoms with Crippen LogP contribution in [0.3, 0.4) is 0 Å². The number of nitrogens with one attached hydrogen (secondary N) is 1. The Morgan fingerprint density at radius 1 is 1.32 bits per heavy atom. The van der Waals surface area contributed by atoms with E-state index in [1.807, 2.05) is 0 Å². The Balaban J connectivity index is 2.15. The van der Waals surface area contributed by atoms with Crippen molar-refractivity contribution in [3.63, 3.8) is 0 Å². The van der Waals surface area contributed by atoms with E-state index in [0.29, 0.717) is 23.6 Å². The average Bonchev–Trinajstić information content (AvgIpc) is 2.54. The van der Waals surface area contributed by atoms with Gasteiger partial charge in [-0.1, -0.05) is 26.2 Å².